The zero-order valence-electron chi connectivity index (χ0n) is 18.8. The van der Waals surface area contributed by atoms with Gasteiger partial charge in [-0.1, -0.05) is 114 Å². The summed E-state index contributed by atoms with van der Waals surface area (Å²) in [4.78, 5) is 0. The van der Waals surface area contributed by atoms with Crippen LogP contribution in [0.5, 0.6) is 0 Å². The Morgan fingerprint density at radius 3 is 1.86 bits per heavy atom. The molecule has 2 rings (SSSR count). The molecule has 0 fully saturated rings. The van der Waals surface area contributed by atoms with E-state index < -0.39 is 0 Å². The molecule has 156 valence electrons. The summed E-state index contributed by atoms with van der Waals surface area (Å²) in [6.45, 7) is 6.70. The SMILES string of the molecule is CCCCCCCCCc1ccc(-c2ccc(C(C#N)CC(C)CC)cc2)cc1. The first-order valence-electron chi connectivity index (χ1n) is 11.8. The second-order valence-electron chi connectivity index (χ2n) is 8.62. The van der Waals surface area contributed by atoms with Crippen LogP contribution in [0.3, 0.4) is 0 Å². The summed E-state index contributed by atoms with van der Waals surface area (Å²) in [5, 5.41) is 9.53. The van der Waals surface area contributed by atoms with Gasteiger partial charge < -0.3 is 0 Å². The topological polar surface area (TPSA) is 23.8 Å². The molecule has 2 aromatic rings. The molecule has 0 aliphatic rings. The van der Waals surface area contributed by atoms with Crippen LogP contribution >= 0.6 is 0 Å². The van der Waals surface area contributed by atoms with E-state index in [9.17, 15) is 5.26 Å². The maximum atomic E-state index is 9.53. The molecule has 1 heteroatoms. The Hall–Kier alpha value is -2.07. The van der Waals surface area contributed by atoms with Gasteiger partial charge in [0.15, 0.2) is 0 Å². The van der Waals surface area contributed by atoms with E-state index in [1.54, 1.807) is 0 Å². The predicted molar refractivity (Wildman–Crippen MR) is 126 cm³/mol. The Balaban J connectivity index is 1.85. The average Bonchev–Trinajstić information content (AvgIpc) is 2.77. The third-order valence-corrected chi connectivity index (χ3v) is 6.16. The van der Waals surface area contributed by atoms with Gasteiger partial charge in [0.05, 0.1) is 12.0 Å². The number of unbranched alkanes of at least 4 members (excludes halogenated alkanes) is 6. The van der Waals surface area contributed by atoms with Crippen LogP contribution in [0.15, 0.2) is 48.5 Å². The molecular weight excluding hydrogens is 350 g/mol. The van der Waals surface area contributed by atoms with Crippen molar-refractivity contribution in [2.45, 2.75) is 90.9 Å². The van der Waals surface area contributed by atoms with Gasteiger partial charge in [-0.2, -0.15) is 5.26 Å². The molecule has 2 atom stereocenters. The molecule has 0 saturated carbocycles. The van der Waals surface area contributed by atoms with Crippen LogP contribution in [-0.2, 0) is 6.42 Å². The number of rotatable bonds is 13. The number of hydrogen-bond donors (Lipinski definition) is 0. The Bertz CT molecular complexity index is 720. The normalized spacial score (nSPS) is 13.0. The number of benzene rings is 2. The van der Waals surface area contributed by atoms with Crippen molar-refractivity contribution in [3.63, 3.8) is 0 Å². The first kappa shape index (κ1) is 23.2. The Morgan fingerprint density at radius 1 is 0.759 bits per heavy atom. The van der Waals surface area contributed by atoms with Gasteiger partial charge in [-0.3, -0.25) is 0 Å². The van der Waals surface area contributed by atoms with Gasteiger partial charge in [-0.25, -0.2) is 0 Å². The number of hydrogen-bond acceptors (Lipinski definition) is 1. The molecule has 0 aliphatic carbocycles. The van der Waals surface area contributed by atoms with Crippen molar-refractivity contribution in [3.05, 3.63) is 59.7 Å². The molecule has 2 aromatic carbocycles. The van der Waals surface area contributed by atoms with E-state index in [1.807, 2.05) is 0 Å². The van der Waals surface area contributed by atoms with E-state index in [0.717, 1.165) is 18.4 Å². The molecular formula is C28H39N. The summed E-state index contributed by atoms with van der Waals surface area (Å²) < 4.78 is 0. The number of nitrogens with zero attached hydrogens (tertiary/aromatic N) is 1. The first-order valence-corrected chi connectivity index (χ1v) is 11.8. The van der Waals surface area contributed by atoms with Crippen LogP contribution in [-0.4, -0.2) is 0 Å². The van der Waals surface area contributed by atoms with Crippen molar-refractivity contribution in [2.75, 3.05) is 0 Å². The Morgan fingerprint density at radius 2 is 1.31 bits per heavy atom. The summed E-state index contributed by atoms with van der Waals surface area (Å²) >= 11 is 0. The maximum absolute atomic E-state index is 9.53. The molecule has 0 N–H and O–H groups in total. The minimum atomic E-state index is 0.00310. The van der Waals surface area contributed by atoms with Crippen molar-refractivity contribution >= 4 is 0 Å². The highest BCUT2D eigenvalue weighted by Gasteiger charge is 2.14. The summed E-state index contributed by atoms with van der Waals surface area (Å²) in [7, 11) is 0. The van der Waals surface area contributed by atoms with Crippen LogP contribution in [0.25, 0.3) is 11.1 Å². The first-order chi connectivity index (χ1) is 14.2. The van der Waals surface area contributed by atoms with Gasteiger partial charge in [0, 0.05) is 0 Å². The van der Waals surface area contributed by atoms with E-state index >= 15 is 0 Å². The summed E-state index contributed by atoms with van der Waals surface area (Å²) in [6.07, 6.45) is 12.8. The van der Waals surface area contributed by atoms with Crippen molar-refractivity contribution < 1.29 is 0 Å². The summed E-state index contributed by atoms with van der Waals surface area (Å²) in [5.74, 6) is 0.589. The van der Waals surface area contributed by atoms with Gasteiger partial charge in [-0.15, -0.1) is 0 Å². The molecule has 0 aliphatic heterocycles. The largest absolute Gasteiger partial charge is 0.198 e. The Labute approximate surface area is 179 Å². The maximum Gasteiger partial charge on any atom is 0.0715 e. The summed E-state index contributed by atoms with van der Waals surface area (Å²) in [5.41, 5.74) is 5.08. The standard InChI is InChI=1S/C28H39N/c1-4-6-7-8-9-10-11-12-24-13-15-25(16-14-24)26-17-19-27(20-18-26)28(22-29)21-23(3)5-2/h13-20,23,28H,4-12,21H2,1-3H3. The van der Waals surface area contributed by atoms with E-state index in [-0.39, 0.29) is 5.92 Å². The van der Waals surface area contributed by atoms with Crippen LogP contribution in [0.2, 0.25) is 0 Å². The molecule has 0 aromatic heterocycles. The highest BCUT2D eigenvalue weighted by atomic mass is 14.3. The Kier molecular flexibility index (Phi) is 10.6. The lowest BCUT2D eigenvalue weighted by atomic mass is 9.88. The van der Waals surface area contributed by atoms with Crippen LogP contribution in [0.4, 0.5) is 0 Å². The second kappa shape index (κ2) is 13.2. The molecule has 0 amide bonds. The lowest BCUT2D eigenvalue weighted by Gasteiger charge is -2.14. The molecule has 0 bridgehead atoms. The fourth-order valence-corrected chi connectivity index (χ4v) is 3.89. The van der Waals surface area contributed by atoms with E-state index in [2.05, 4.69) is 75.4 Å². The van der Waals surface area contributed by atoms with Crippen LogP contribution in [0.1, 0.15) is 95.6 Å². The third kappa shape index (κ3) is 8.06. The third-order valence-electron chi connectivity index (χ3n) is 6.16. The molecule has 2 unspecified atom stereocenters. The highest BCUT2D eigenvalue weighted by Crippen LogP contribution is 2.28. The van der Waals surface area contributed by atoms with Crippen molar-refractivity contribution in [1.29, 1.82) is 5.26 Å². The average molecular weight is 390 g/mol. The number of aryl methyl sites for hydroxylation is 1. The fourth-order valence-electron chi connectivity index (χ4n) is 3.89. The minimum Gasteiger partial charge on any atom is -0.198 e. The van der Waals surface area contributed by atoms with Crippen LogP contribution < -0.4 is 0 Å². The van der Waals surface area contributed by atoms with Crippen molar-refractivity contribution in [1.82, 2.24) is 0 Å². The summed E-state index contributed by atoms with van der Waals surface area (Å²) in [6, 6.07) is 20.1. The quantitative estimate of drug-likeness (QED) is 0.314. The molecule has 1 nitrogen and oxygen atoms in total. The molecule has 29 heavy (non-hydrogen) atoms. The van der Waals surface area contributed by atoms with Gasteiger partial charge in [0.25, 0.3) is 0 Å². The van der Waals surface area contributed by atoms with E-state index in [1.165, 1.54) is 68.1 Å². The molecule has 0 saturated heterocycles. The second-order valence-corrected chi connectivity index (χ2v) is 8.62. The smallest absolute Gasteiger partial charge is 0.0715 e. The lowest BCUT2D eigenvalue weighted by Crippen LogP contribution is -2.02. The zero-order chi connectivity index (χ0) is 20.9. The fraction of sp³-hybridized carbons (Fsp3) is 0.536. The number of nitriles is 1. The van der Waals surface area contributed by atoms with Crippen LogP contribution in [0, 0.1) is 17.2 Å². The molecule has 0 spiro atoms. The molecule has 0 radical (unpaired) electrons. The highest BCUT2D eigenvalue weighted by molar-refractivity contribution is 5.64. The predicted octanol–water partition coefficient (Wildman–Crippen LogP) is 8.69. The van der Waals surface area contributed by atoms with Crippen molar-refractivity contribution in [2.24, 2.45) is 5.92 Å². The van der Waals surface area contributed by atoms with Crippen molar-refractivity contribution in [3.8, 4) is 17.2 Å². The monoisotopic (exact) mass is 389 g/mol. The van der Waals surface area contributed by atoms with Gasteiger partial charge in [0.2, 0.25) is 0 Å². The van der Waals surface area contributed by atoms with Gasteiger partial charge >= 0.3 is 0 Å². The van der Waals surface area contributed by atoms with E-state index in [4.69, 9.17) is 0 Å². The lowest BCUT2D eigenvalue weighted by molar-refractivity contribution is 0.494. The zero-order valence-corrected chi connectivity index (χ0v) is 18.8. The minimum absolute atomic E-state index is 0.00310. The van der Waals surface area contributed by atoms with Gasteiger partial charge in [-0.05, 0) is 47.4 Å². The van der Waals surface area contributed by atoms with Gasteiger partial charge in [0.1, 0.15) is 0 Å². The molecule has 0 heterocycles. The van der Waals surface area contributed by atoms with E-state index in [0.29, 0.717) is 5.92 Å².